The minimum atomic E-state index is 0.0830. The maximum absolute atomic E-state index is 13.1. The fraction of sp³-hybridized carbons (Fsp3) is 0.545. The molecule has 26 heavy (non-hydrogen) atoms. The maximum Gasteiger partial charge on any atom is 0.230 e. The molecule has 1 aromatic heterocycles. The number of benzene rings is 1. The van der Waals surface area contributed by atoms with Crippen LogP contribution in [0.25, 0.3) is 0 Å². The number of fused-ring (bicyclic) bond motifs is 1. The zero-order valence-corrected chi connectivity index (χ0v) is 15.3. The molecule has 0 bridgehead atoms. The minimum Gasteiger partial charge on any atom is -0.342 e. The van der Waals surface area contributed by atoms with E-state index in [-0.39, 0.29) is 5.92 Å². The Hall–Kier alpha value is -2.10. The zero-order valence-electron chi connectivity index (χ0n) is 15.3. The van der Waals surface area contributed by atoms with Crippen molar-refractivity contribution >= 4 is 5.91 Å². The van der Waals surface area contributed by atoms with E-state index in [1.807, 2.05) is 6.20 Å². The van der Waals surface area contributed by atoms with Crippen LogP contribution in [0.4, 0.5) is 0 Å². The smallest absolute Gasteiger partial charge is 0.230 e. The number of nitrogens with zero attached hydrogens (tertiary/aromatic N) is 3. The standard InChI is InChI=1S/C22H27N3O/c26-22(20-8-7-17-3-1-2-4-19(17)20)24-12-9-18(10-13-24)21-23-11-14-25(21)15-16-5-6-16/h1-4,11,14,16,18,20H,5-10,12-13,15H2. The first kappa shape index (κ1) is 16.1. The predicted molar refractivity (Wildman–Crippen MR) is 101 cm³/mol. The van der Waals surface area contributed by atoms with Gasteiger partial charge in [-0.05, 0) is 55.6 Å². The van der Waals surface area contributed by atoms with E-state index in [2.05, 4.69) is 44.9 Å². The minimum absolute atomic E-state index is 0.0830. The Bertz CT molecular complexity index is 799. The molecular weight excluding hydrogens is 322 g/mol. The van der Waals surface area contributed by atoms with Gasteiger partial charge in [0.15, 0.2) is 0 Å². The lowest BCUT2D eigenvalue weighted by atomic mass is 9.93. The van der Waals surface area contributed by atoms with Crippen LogP contribution in [0.3, 0.4) is 0 Å². The number of carbonyl (C=O) groups is 1. The fourth-order valence-corrected chi connectivity index (χ4v) is 4.81. The lowest BCUT2D eigenvalue weighted by Gasteiger charge is -2.33. The van der Waals surface area contributed by atoms with Crippen molar-refractivity contribution in [2.75, 3.05) is 13.1 Å². The summed E-state index contributed by atoms with van der Waals surface area (Å²) in [5.74, 6) is 3.04. The average molecular weight is 349 g/mol. The highest BCUT2D eigenvalue weighted by molar-refractivity contribution is 5.85. The summed E-state index contributed by atoms with van der Waals surface area (Å²) >= 11 is 0. The van der Waals surface area contributed by atoms with Gasteiger partial charge in [0.1, 0.15) is 5.82 Å². The summed E-state index contributed by atoms with van der Waals surface area (Å²) in [6.45, 7) is 2.88. The summed E-state index contributed by atoms with van der Waals surface area (Å²) in [4.78, 5) is 19.8. The van der Waals surface area contributed by atoms with Crippen molar-refractivity contribution in [3.63, 3.8) is 0 Å². The third kappa shape index (κ3) is 2.95. The quantitative estimate of drug-likeness (QED) is 0.843. The predicted octanol–water partition coefficient (Wildman–Crippen LogP) is 3.73. The number of piperidine rings is 1. The topological polar surface area (TPSA) is 38.1 Å². The first-order valence-electron chi connectivity index (χ1n) is 10.2. The highest BCUT2D eigenvalue weighted by atomic mass is 16.2. The average Bonchev–Trinajstić information content (AvgIpc) is 3.20. The molecule has 3 aliphatic rings. The molecule has 2 aliphatic carbocycles. The lowest BCUT2D eigenvalue weighted by Crippen LogP contribution is -2.40. The van der Waals surface area contributed by atoms with Crippen LogP contribution in [0, 0.1) is 5.92 Å². The van der Waals surface area contributed by atoms with Gasteiger partial charge < -0.3 is 9.47 Å². The van der Waals surface area contributed by atoms with Gasteiger partial charge in [-0.1, -0.05) is 24.3 Å². The molecule has 1 aliphatic heterocycles. The summed E-state index contributed by atoms with van der Waals surface area (Å²) < 4.78 is 2.37. The second-order valence-electron chi connectivity index (χ2n) is 8.27. The van der Waals surface area contributed by atoms with Gasteiger partial charge >= 0.3 is 0 Å². The van der Waals surface area contributed by atoms with Crippen molar-refractivity contribution in [2.45, 2.75) is 56.9 Å². The van der Waals surface area contributed by atoms with Crippen molar-refractivity contribution in [3.8, 4) is 0 Å². The van der Waals surface area contributed by atoms with E-state index >= 15 is 0 Å². The van der Waals surface area contributed by atoms with Gasteiger partial charge in [-0.3, -0.25) is 4.79 Å². The molecule has 2 aromatic rings. The number of likely N-dealkylation sites (tertiary alicyclic amines) is 1. The van der Waals surface area contributed by atoms with Gasteiger partial charge in [0.25, 0.3) is 0 Å². The molecule has 1 aromatic carbocycles. The lowest BCUT2D eigenvalue weighted by molar-refractivity contribution is -0.133. The molecule has 1 saturated carbocycles. The summed E-state index contributed by atoms with van der Waals surface area (Å²) in [7, 11) is 0. The van der Waals surface area contributed by atoms with Gasteiger partial charge in [0, 0.05) is 37.9 Å². The number of hydrogen-bond donors (Lipinski definition) is 0. The Balaban J connectivity index is 1.23. The Morgan fingerprint density at radius 3 is 2.69 bits per heavy atom. The van der Waals surface area contributed by atoms with Gasteiger partial charge in [-0.15, -0.1) is 0 Å². The first-order chi connectivity index (χ1) is 12.8. The number of aryl methyl sites for hydroxylation is 1. The number of hydrogen-bond acceptors (Lipinski definition) is 2. The Kier molecular flexibility index (Phi) is 4.07. The van der Waals surface area contributed by atoms with Gasteiger partial charge in [-0.2, -0.15) is 0 Å². The molecule has 2 heterocycles. The number of imidazole rings is 1. The number of carbonyl (C=O) groups excluding carboxylic acids is 1. The van der Waals surface area contributed by atoms with Crippen molar-refractivity contribution < 1.29 is 4.79 Å². The molecule has 5 rings (SSSR count). The number of rotatable bonds is 4. The monoisotopic (exact) mass is 349 g/mol. The number of amides is 1. The molecule has 1 atom stereocenters. The van der Waals surface area contributed by atoms with E-state index in [0.717, 1.165) is 51.2 Å². The Labute approximate surface area is 155 Å². The molecule has 2 fully saturated rings. The van der Waals surface area contributed by atoms with Crippen LogP contribution in [0.1, 0.15) is 60.9 Å². The number of aromatic nitrogens is 2. The molecule has 1 unspecified atom stereocenters. The van der Waals surface area contributed by atoms with E-state index in [1.54, 1.807) is 0 Å². The summed E-state index contributed by atoms with van der Waals surface area (Å²) in [5.41, 5.74) is 2.63. The van der Waals surface area contributed by atoms with E-state index < -0.39 is 0 Å². The third-order valence-corrected chi connectivity index (χ3v) is 6.50. The van der Waals surface area contributed by atoms with Crippen LogP contribution in [-0.4, -0.2) is 33.4 Å². The van der Waals surface area contributed by atoms with Crippen molar-refractivity contribution in [3.05, 3.63) is 53.6 Å². The highest BCUT2D eigenvalue weighted by Crippen LogP contribution is 2.37. The van der Waals surface area contributed by atoms with Crippen LogP contribution in [0.15, 0.2) is 36.7 Å². The molecule has 4 heteroatoms. The SMILES string of the molecule is O=C(C1CCc2ccccc21)N1CCC(c2nccn2CC2CC2)CC1. The van der Waals surface area contributed by atoms with E-state index in [4.69, 9.17) is 0 Å². The van der Waals surface area contributed by atoms with Gasteiger partial charge in [0.05, 0.1) is 5.92 Å². The van der Waals surface area contributed by atoms with Crippen LogP contribution >= 0.6 is 0 Å². The normalized spacial score (nSPS) is 23.2. The molecular formula is C22H27N3O. The molecule has 1 saturated heterocycles. The molecule has 0 spiro atoms. The molecule has 4 nitrogen and oxygen atoms in total. The maximum atomic E-state index is 13.1. The largest absolute Gasteiger partial charge is 0.342 e. The van der Waals surface area contributed by atoms with E-state index in [1.165, 1.54) is 29.8 Å². The van der Waals surface area contributed by atoms with Crippen LogP contribution in [0.2, 0.25) is 0 Å². The Morgan fingerprint density at radius 1 is 1.08 bits per heavy atom. The fourth-order valence-electron chi connectivity index (χ4n) is 4.81. The molecule has 136 valence electrons. The second-order valence-corrected chi connectivity index (χ2v) is 8.27. The summed E-state index contributed by atoms with van der Waals surface area (Å²) in [6, 6.07) is 8.47. The van der Waals surface area contributed by atoms with Gasteiger partial charge in [0.2, 0.25) is 5.91 Å². The van der Waals surface area contributed by atoms with E-state index in [0.29, 0.717) is 11.8 Å². The molecule has 0 radical (unpaired) electrons. The van der Waals surface area contributed by atoms with E-state index in [9.17, 15) is 4.79 Å². The summed E-state index contributed by atoms with van der Waals surface area (Å²) in [6.07, 6.45) is 10.9. The van der Waals surface area contributed by atoms with Gasteiger partial charge in [-0.25, -0.2) is 4.98 Å². The third-order valence-electron chi connectivity index (χ3n) is 6.50. The molecule has 1 amide bonds. The second kappa shape index (κ2) is 6.57. The summed E-state index contributed by atoms with van der Waals surface area (Å²) in [5, 5.41) is 0. The van der Waals surface area contributed by atoms with Crippen molar-refractivity contribution in [1.82, 2.24) is 14.5 Å². The highest BCUT2D eigenvalue weighted by Gasteiger charge is 2.34. The Morgan fingerprint density at radius 2 is 1.88 bits per heavy atom. The van der Waals surface area contributed by atoms with Crippen LogP contribution in [-0.2, 0) is 17.8 Å². The van der Waals surface area contributed by atoms with Crippen LogP contribution in [0.5, 0.6) is 0 Å². The van der Waals surface area contributed by atoms with Crippen LogP contribution < -0.4 is 0 Å². The molecule has 0 N–H and O–H groups in total. The first-order valence-corrected chi connectivity index (χ1v) is 10.2. The zero-order chi connectivity index (χ0) is 17.5. The van der Waals surface area contributed by atoms with Crippen molar-refractivity contribution in [2.24, 2.45) is 5.92 Å². The van der Waals surface area contributed by atoms with Crippen molar-refractivity contribution in [1.29, 1.82) is 0 Å².